The van der Waals surface area contributed by atoms with Crippen LogP contribution in [0.3, 0.4) is 0 Å². The summed E-state index contributed by atoms with van der Waals surface area (Å²) in [6, 6.07) is 4.53. The third-order valence-corrected chi connectivity index (χ3v) is 6.08. The molecule has 0 saturated heterocycles. The van der Waals surface area contributed by atoms with E-state index >= 15 is 0 Å². The number of nitrogens with one attached hydrogen (secondary N) is 1. The lowest BCUT2D eigenvalue weighted by Crippen LogP contribution is -2.50. The average Bonchev–Trinajstić information content (AvgIpc) is 3.11. The van der Waals surface area contributed by atoms with E-state index in [0.29, 0.717) is 19.5 Å². The molecule has 0 spiro atoms. The Bertz CT molecular complexity index is 892. The summed E-state index contributed by atoms with van der Waals surface area (Å²) in [5, 5.41) is 4.88. The minimum absolute atomic E-state index is 0.0522. The molecule has 6 nitrogen and oxygen atoms in total. The summed E-state index contributed by atoms with van der Waals surface area (Å²) in [7, 11) is 0. The SMILES string of the molecule is CCCC(NC(=O)Cn1cc(Br)ccc1=O)C(=O)N1CCc2sccc2C1. The summed E-state index contributed by atoms with van der Waals surface area (Å²) >= 11 is 5.02. The first-order valence-electron chi connectivity index (χ1n) is 8.97. The highest BCUT2D eigenvalue weighted by atomic mass is 79.9. The van der Waals surface area contributed by atoms with Crippen molar-refractivity contribution in [3.63, 3.8) is 0 Å². The number of hydrogen-bond acceptors (Lipinski definition) is 4. The number of aromatic nitrogens is 1. The standard InChI is InChI=1S/C19H22BrN3O3S/c1-2-3-15(19(26)22-8-6-16-13(10-22)7-9-27-16)21-17(24)12-23-11-14(20)4-5-18(23)25/h4-5,7,9,11,15H,2-3,6,8,10,12H2,1H3,(H,21,24). The van der Waals surface area contributed by atoms with Crippen LogP contribution in [0.2, 0.25) is 0 Å². The Labute approximate surface area is 170 Å². The molecular formula is C19H22BrN3O3S. The molecule has 0 aliphatic carbocycles. The Morgan fingerprint density at radius 3 is 2.93 bits per heavy atom. The van der Waals surface area contributed by atoms with Crippen molar-refractivity contribution >= 4 is 39.1 Å². The summed E-state index contributed by atoms with van der Waals surface area (Å²) in [5.41, 5.74) is 0.939. The van der Waals surface area contributed by atoms with Crippen LogP contribution in [-0.2, 0) is 29.1 Å². The van der Waals surface area contributed by atoms with Crippen molar-refractivity contribution in [1.82, 2.24) is 14.8 Å². The number of thiophene rings is 1. The van der Waals surface area contributed by atoms with E-state index in [1.165, 1.54) is 21.1 Å². The highest BCUT2D eigenvalue weighted by Gasteiger charge is 2.28. The lowest BCUT2D eigenvalue weighted by Gasteiger charge is -2.31. The van der Waals surface area contributed by atoms with E-state index < -0.39 is 6.04 Å². The smallest absolute Gasteiger partial charge is 0.251 e. The van der Waals surface area contributed by atoms with Gasteiger partial charge in [-0.05, 0) is 51.8 Å². The molecule has 0 aromatic carbocycles. The number of pyridine rings is 1. The number of carbonyl (C=O) groups excluding carboxylic acids is 2. The second kappa shape index (κ2) is 8.84. The summed E-state index contributed by atoms with van der Waals surface area (Å²) in [5.74, 6) is -0.390. The highest BCUT2D eigenvalue weighted by Crippen LogP contribution is 2.24. The quantitative estimate of drug-likeness (QED) is 0.733. The van der Waals surface area contributed by atoms with Gasteiger partial charge in [-0.2, -0.15) is 0 Å². The summed E-state index contributed by atoms with van der Waals surface area (Å²) < 4.78 is 2.04. The maximum atomic E-state index is 13.0. The topological polar surface area (TPSA) is 71.4 Å². The first-order valence-corrected chi connectivity index (χ1v) is 10.6. The minimum Gasteiger partial charge on any atom is -0.343 e. The lowest BCUT2D eigenvalue weighted by molar-refractivity contribution is -0.137. The van der Waals surface area contributed by atoms with Crippen LogP contribution < -0.4 is 10.9 Å². The van der Waals surface area contributed by atoms with Crippen molar-refractivity contribution < 1.29 is 9.59 Å². The predicted molar refractivity (Wildman–Crippen MR) is 109 cm³/mol. The van der Waals surface area contributed by atoms with Crippen LogP contribution in [0.5, 0.6) is 0 Å². The zero-order valence-corrected chi connectivity index (χ0v) is 17.5. The number of amides is 2. The van der Waals surface area contributed by atoms with Gasteiger partial charge in [0.15, 0.2) is 0 Å². The van der Waals surface area contributed by atoms with E-state index in [1.54, 1.807) is 23.6 Å². The van der Waals surface area contributed by atoms with Crippen LogP contribution in [0.4, 0.5) is 0 Å². The average molecular weight is 452 g/mol. The maximum absolute atomic E-state index is 13.0. The Kier molecular flexibility index (Phi) is 6.49. The fourth-order valence-corrected chi connectivity index (χ4v) is 4.49. The monoisotopic (exact) mass is 451 g/mol. The lowest BCUT2D eigenvalue weighted by atomic mass is 10.1. The molecule has 1 unspecified atom stereocenters. The maximum Gasteiger partial charge on any atom is 0.251 e. The molecule has 2 amide bonds. The molecule has 3 heterocycles. The summed E-state index contributed by atoms with van der Waals surface area (Å²) in [4.78, 5) is 40.5. The van der Waals surface area contributed by atoms with E-state index in [9.17, 15) is 14.4 Å². The first kappa shape index (κ1) is 19.8. The number of hydrogen-bond donors (Lipinski definition) is 1. The van der Waals surface area contributed by atoms with Gasteiger partial charge in [-0.1, -0.05) is 13.3 Å². The molecule has 1 aliphatic heterocycles. The normalized spacial score (nSPS) is 14.5. The van der Waals surface area contributed by atoms with E-state index in [-0.39, 0.29) is 23.9 Å². The van der Waals surface area contributed by atoms with Crippen LogP contribution in [0, 0.1) is 0 Å². The zero-order valence-electron chi connectivity index (χ0n) is 15.1. The number of fused-ring (bicyclic) bond motifs is 1. The molecule has 8 heteroatoms. The van der Waals surface area contributed by atoms with Gasteiger partial charge in [0.1, 0.15) is 12.6 Å². The Balaban J connectivity index is 1.66. The summed E-state index contributed by atoms with van der Waals surface area (Å²) in [6.45, 7) is 3.14. The third kappa shape index (κ3) is 4.87. The minimum atomic E-state index is -0.564. The van der Waals surface area contributed by atoms with Crippen molar-refractivity contribution in [3.05, 3.63) is 55.0 Å². The molecule has 2 aromatic heterocycles. The van der Waals surface area contributed by atoms with Crippen molar-refractivity contribution in [2.45, 2.75) is 45.3 Å². The van der Waals surface area contributed by atoms with Gasteiger partial charge in [0.05, 0.1) is 0 Å². The molecule has 0 fully saturated rings. The Morgan fingerprint density at radius 2 is 2.15 bits per heavy atom. The molecule has 1 N–H and O–H groups in total. The van der Waals surface area contributed by atoms with Crippen molar-refractivity contribution in [1.29, 1.82) is 0 Å². The van der Waals surface area contributed by atoms with Gasteiger partial charge in [-0.25, -0.2) is 0 Å². The number of rotatable bonds is 6. The predicted octanol–water partition coefficient (Wildman–Crippen LogP) is 2.54. The molecule has 144 valence electrons. The molecule has 27 heavy (non-hydrogen) atoms. The zero-order chi connectivity index (χ0) is 19.4. The third-order valence-electron chi connectivity index (χ3n) is 4.59. The van der Waals surface area contributed by atoms with Crippen molar-refractivity contribution in [3.8, 4) is 0 Å². The Morgan fingerprint density at radius 1 is 1.33 bits per heavy atom. The molecule has 0 radical (unpaired) electrons. The largest absolute Gasteiger partial charge is 0.343 e. The number of nitrogens with zero attached hydrogens (tertiary/aromatic N) is 2. The van der Waals surface area contributed by atoms with Gasteiger partial charge in [-0.3, -0.25) is 14.4 Å². The molecule has 2 aromatic rings. The van der Waals surface area contributed by atoms with Gasteiger partial charge in [0, 0.05) is 34.7 Å². The Hall–Kier alpha value is -1.93. The van der Waals surface area contributed by atoms with Crippen molar-refractivity contribution in [2.75, 3.05) is 6.54 Å². The van der Waals surface area contributed by atoms with E-state index in [0.717, 1.165) is 17.3 Å². The van der Waals surface area contributed by atoms with Crippen LogP contribution in [0.15, 0.2) is 39.0 Å². The molecule has 0 saturated carbocycles. The first-order chi connectivity index (χ1) is 13.0. The van der Waals surface area contributed by atoms with Crippen molar-refractivity contribution in [2.24, 2.45) is 0 Å². The molecular weight excluding hydrogens is 430 g/mol. The van der Waals surface area contributed by atoms with E-state index in [1.807, 2.05) is 11.8 Å². The van der Waals surface area contributed by atoms with Crippen LogP contribution >= 0.6 is 27.3 Å². The number of carbonyl (C=O) groups is 2. The second-order valence-electron chi connectivity index (χ2n) is 6.60. The molecule has 3 rings (SSSR count). The van der Waals surface area contributed by atoms with E-state index in [2.05, 4.69) is 32.7 Å². The summed E-state index contributed by atoms with van der Waals surface area (Å²) in [6.07, 6.45) is 3.79. The second-order valence-corrected chi connectivity index (χ2v) is 8.52. The van der Waals surface area contributed by atoms with Gasteiger partial charge >= 0.3 is 0 Å². The highest BCUT2D eigenvalue weighted by molar-refractivity contribution is 9.10. The molecule has 1 aliphatic rings. The van der Waals surface area contributed by atoms with Crippen LogP contribution in [0.1, 0.15) is 30.2 Å². The van der Waals surface area contributed by atoms with Gasteiger partial charge < -0.3 is 14.8 Å². The fraction of sp³-hybridized carbons (Fsp3) is 0.421. The van der Waals surface area contributed by atoms with Gasteiger partial charge in [0.25, 0.3) is 5.56 Å². The van der Waals surface area contributed by atoms with Crippen LogP contribution in [-0.4, -0.2) is 33.9 Å². The van der Waals surface area contributed by atoms with Gasteiger partial charge in [-0.15, -0.1) is 11.3 Å². The van der Waals surface area contributed by atoms with E-state index in [4.69, 9.17) is 0 Å². The fourth-order valence-electron chi connectivity index (χ4n) is 3.22. The van der Waals surface area contributed by atoms with Crippen LogP contribution in [0.25, 0.3) is 0 Å². The molecule has 1 atom stereocenters. The van der Waals surface area contributed by atoms with Gasteiger partial charge in [0.2, 0.25) is 11.8 Å². The number of halogens is 1. The molecule has 0 bridgehead atoms.